The molecule has 7 nitrogen and oxygen atoms in total. The van der Waals surface area contributed by atoms with Crippen LogP contribution < -0.4 is 10.1 Å². The predicted octanol–water partition coefficient (Wildman–Crippen LogP) is 4.82. The average Bonchev–Trinajstić information content (AvgIpc) is 2.83. The minimum atomic E-state index is -0.610. The number of carbonyl (C=O) groups is 3. The number of rotatable bonds is 7. The fourth-order valence-corrected chi connectivity index (χ4v) is 4.93. The number of halogens is 1. The molecule has 188 valence electrons. The minimum Gasteiger partial charge on any atom is -0.460 e. The van der Waals surface area contributed by atoms with Crippen LogP contribution in [0.5, 0.6) is 5.75 Å². The van der Waals surface area contributed by atoms with Crippen molar-refractivity contribution in [1.82, 2.24) is 5.32 Å². The summed E-state index contributed by atoms with van der Waals surface area (Å²) in [5, 5.41) is 3.97. The van der Waals surface area contributed by atoms with Crippen LogP contribution in [0.25, 0.3) is 0 Å². The Morgan fingerprint density at radius 1 is 1.00 bits per heavy atom. The summed E-state index contributed by atoms with van der Waals surface area (Å²) in [6, 6.07) is 14.4. The van der Waals surface area contributed by atoms with Crippen molar-refractivity contribution in [1.29, 1.82) is 0 Å². The van der Waals surface area contributed by atoms with Gasteiger partial charge in [0.2, 0.25) is 0 Å². The molecular formula is C28H28ClNO6. The summed E-state index contributed by atoms with van der Waals surface area (Å²) < 4.78 is 15.6. The van der Waals surface area contributed by atoms with Crippen molar-refractivity contribution in [2.75, 3.05) is 20.3 Å². The van der Waals surface area contributed by atoms with E-state index in [1.165, 1.54) is 14.0 Å². The number of carbonyl (C=O) groups excluding carboxylic acids is 3. The first-order valence-electron chi connectivity index (χ1n) is 11.7. The lowest BCUT2D eigenvalue weighted by Gasteiger charge is -2.36. The van der Waals surface area contributed by atoms with Gasteiger partial charge in [-0.1, -0.05) is 35.9 Å². The summed E-state index contributed by atoms with van der Waals surface area (Å²) >= 11 is 6.05. The molecule has 2 aromatic carbocycles. The van der Waals surface area contributed by atoms with Gasteiger partial charge in [-0.05, 0) is 54.7 Å². The van der Waals surface area contributed by atoms with Crippen molar-refractivity contribution in [2.24, 2.45) is 0 Å². The third-order valence-corrected chi connectivity index (χ3v) is 6.64. The highest BCUT2D eigenvalue weighted by Crippen LogP contribution is 2.46. The van der Waals surface area contributed by atoms with E-state index in [9.17, 15) is 14.4 Å². The quantitative estimate of drug-likeness (QED) is 0.325. The van der Waals surface area contributed by atoms with Crippen LogP contribution >= 0.6 is 11.6 Å². The molecule has 0 spiro atoms. The molecule has 0 aromatic heterocycles. The second-order valence-corrected chi connectivity index (χ2v) is 9.30. The number of Topliss-reactive ketones (excluding diaryl/α,β-unsaturated/α-hetero) is 1. The molecule has 2 aromatic rings. The molecule has 0 bridgehead atoms. The zero-order valence-electron chi connectivity index (χ0n) is 20.4. The summed E-state index contributed by atoms with van der Waals surface area (Å²) in [4.78, 5) is 38.1. The van der Waals surface area contributed by atoms with Crippen LogP contribution in [0.2, 0.25) is 5.02 Å². The Morgan fingerprint density at radius 3 is 2.31 bits per heavy atom. The van der Waals surface area contributed by atoms with Crippen molar-refractivity contribution in [2.45, 2.75) is 38.5 Å². The van der Waals surface area contributed by atoms with Crippen LogP contribution in [0, 0.1) is 0 Å². The molecule has 2 aliphatic rings. The maximum absolute atomic E-state index is 13.6. The molecule has 36 heavy (non-hydrogen) atoms. The number of benzene rings is 2. The van der Waals surface area contributed by atoms with E-state index < -0.39 is 17.9 Å². The molecule has 0 unspecified atom stereocenters. The Kier molecular flexibility index (Phi) is 7.91. The van der Waals surface area contributed by atoms with Gasteiger partial charge < -0.3 is 19.5 Å². The molecule has 0 saturated heterocycles. The molecule has 0 radical (unpaired) electrons. The van der Waals surface area contributed by atoms with E-state index in [-0.39, 0.29) is 24.9 Å². The first-order chi connectivity index (χ1) is 17.3. The first kappa shape index (κ1) is 25.7. The van der Waals surface area contributed by atoms with Gasteiger partial charge in [0.1, 0.15) is 12.4 Å². The zero-order valence-corrected chi connectivity index (χ0v) is 21.2. The largest absolute Gasteiger partial charge is 0.460 e. The van der Waals surface area contributed by atoms with Gasteiger partial charge in [0.15, 0.2) is 5.78 Å². The predicted molar refractivity (Wildman–Crippen MR) is 135 cm³/mol. The van der Waals surface area contributed by atoms with Crippen molar-refractivity contribution in [3.8, 4) is 5.75 Å². The summed E-state index contributed by atoms with van der Waals surface area (Å²) in [5.41, 5.74) is 4.14. The van der Waals surface area contributed by atoms with Crippen LogP contribution in [0.1, 0.15) is 49.7 Å². The number of ether oxygens (including phenoxy) is 3. The Labute approximate surface area is 215 Å². The maximum Gasteiger partial charge on any atom is 0.336 e. The van der Waals surface area contributed by atoms with Crippen LogP contribution in [-0.4, -0.2) is 38.0 Å². The van der Waals surface area contributed by atoms with E-state index in [2.05, 4.69) is 5.32 Å². The highest BCUT2D eigenvalue weighted by atomic mass is 35.5. The Balaban J connectivity index is 1.73. The van der Waals surface area contributed by atoms with Gasteiger partial charge in [-0.2, -0.15) is 0 Å². The van der Waals surface area contributed by atoms with Gasteiger partial charge in [-0.15, -0.1) is 0 Å². The van der Waals surface area contributed by atoms with Gasteiger partial charge in [-0.25, -0.2) is 4.79 Å². The van der Waals surface area contributed by atoms with Gasteiger partial charge in [0.05, 0.1) is 12.2 Å². The van der Waals surface area contributed by atoms with Crippen molar-refractivity contribution in [3.63, 3.8) is 0 Å². The molecule has 4 rings (SSSR count). The number of nitrogens with one attached hydrogen (secondary N) is 1. The van der Waals surface area contributed by atoms with Gasteiger partial charge in [0.25, 0.3) is 0 Å². The molecule has 1 heterocycles. The first-order valence-corrected chi connectivity index (χ1v) is 12.1. The average molecular weight is 510 g/mol. The summed E-state index contributed by atoms with van der Waals surface area (Å²) in [7, 11) is 1.53. The van der Waals surface area contributed by atoms with Crippen LogP contribution in [0.15, 0.2) is 71.1 Å². The number of dihydropyridines is 1. The Morgan fingerprint density at radius 2 is 1.67 bits per heavy atom. The standard InChI is InChI=1S/C28H28ClNO6/c1-16-25(28(33)35-13-12-34-3)26(19-6-10-22(11-7-19)36-17(2)31)27-23(30-16)14-20(15-24(27)32)18-4-8-21(29)9-5-18/h4-11,20,26,30H,12-15H2,1-3H3/t20-,26+/m1/s1. The Hall–Kier alpha value is -3.42. The number of hydrogen-bond donors (Lipinski definition) is 1. The number of allylic oxidation sites excluding steroid dienone is 3. The van der Waals surface area contributed by atoms with Crippen LogP contribution in [-0.2, 0) is 23.9 Å². The third kappa shape index (κ3) is 5.53. The van der Waals surface area contributed by atoms with E-state index >= 15 is 0 Å². The topological polar surface area (TPSA) is 90.9 Å². The monoisotopic (exact) mass is 509 g/mol. The lowest BCUT2D eigenvalue weighted by molar-refractivity contribution is -0.140. The SMILES string of the molecule is COCCOC(=O)C1=C(C)NC2=C(C(=O)C[C@H](c3ccc(Cl)cc3)C2)[C@H]1c1ccc(OC(C)=O)cc1. The highest BCUT2D eigenvalue weighted by molar-refractivity contribution is 6.30. The molecule has 2 atom stereocenters. The van der Waals surface area contributed by atoms with Crippen LogP contribution in [0.4, 0.5) is 0 Å². The van der Waals surface area contributed by atoms with Gasteiger partial charge in [0, 0.05) is 48.4 Å². The second-order valence-electron chi connectivity index (χ2n) is 8.86. The minimum absolute atomic E-state index is 0.00369. The number of ketones is 1. The highest BCUT2D eigenvalue weighted by Gasteiger charge is 2.41. The lowest BCUT2D eigenvalue weighted by atomic mass is 9.72. The van der Waals surface area contributed by atoms with Crippen molar-refractivity contribution in [3.05, 3.63) is 87.2 Å². The van der Waals surface area contributed by atoms with Gasteiger partial charge in [-0.3, -0.25) is 9.59 Å². The number of methoxy groups -OCH3 is 1. The molecule has 1 aliphatic carbocycles. The second kappa shape index (κ2) is 11.1. The summed E-state index contributed by atoms with van der Waals surface area (Å²) in [6.07, 6.45) is 0.934. The van der Waals surface area contributed by atoms with E-state index in [1.54, 1.807) is 24.3 Å². The van der Waals surface area contributed by atoms with Crippen LogP contribution in [0.3, 0.4) is 0 Å². The fourth-order valence-electron chi connectivity index (χ4n) is 4.80. The van der Waals surface area contributed by atoms with E-state index in [0.29, 0.717) is 40.5 Å². The third-order valence-electron chi connectivity index (χ3n) is 6.38. The molecule has 0 amide bonds. The van der Waals surface area contributed by atoms with Gasteiger partial charge >= 0.3 is 11.9 Å². The molecule has 8 heteroatoms. The lowest BCUT2D eigenvalue weighted by Crippen LogP contribution is -2.36. The summed E-state index contributed by atoms with van der Waals surface area (Å²) in [6.45, 7) is 3.51. The Bertz CT molecular complexity index is 1230. The summed E-state index contributed by atoms with van der Waals surface area (Å²) in [5.74, 6) is -1.20. The molecule has 0 fully saturated rings. The zero-order chi connectivity index (χ0) is 25.8. The number of esters is 2. The molecular weight excluding hydrogens is 482 g/mol. The van der Waals surface area contributed by atoms with E-state index in [1.807, 2.05) is 31.2 Å². The normalized spacial score (nSPS) is 19.5. The fraction of sp³-hybridized carbons (Fsp3) is 0.321. The maximum atomic E-state index is 13.6. The number of hydrogen-bond acceptors (Lipinski definition) is 7. The van der Waals surface area contributed by atoms with E-state index in [0.717, 1.165) is 16.8 Å². The van der Waals surface area contributed by atoms with Crippen molar-refractivity contribution < 1.29 is 28.6 Å². The molecule has 1 N–H and O–H groups in total. The van der Waals surface area contributed by atoms with Crippen molar-refractivity contribution >= 4 is 29.3 Å². The smallest absolute Gasteiger partial charge is 0.336 e. The molecule has 1 aliphatic heterocycles. The van der Waals surface area contributed by atoms with E-state index in [4.69, 9.17) is 25.8 Å². The molecule has 0 saturated carbocycles.